The molecule has 2 rings (SSSR count). The minimum Gasteiger partial charge on any atom is -0.380 e. The van der Waals surface area contributed by atoms with Gasteiger partial charge in [-0.3, -0.25) is 0 Å². The SMILES string of the molecule is COC(C)Cn1cc(S(=O)(=O)Cl)c2c(F)cccc21. The monoisotopic (exact) mass is 305 g/mol. The summed E-state index contributed by atoms with van der Waals surface area (Å²) >= 11 is 0. The average molecular weight is 306 g/mol. The van der Waals surface area contributed by atoms with Gasteiger partial charge in [0.25, 0.3) is 9.05 Å². The summed E-state index contributed by atoms with van der Waals surface area (Å²) < 4.78 is 43.6. The number of hydrogen-bond acceptors (Lipinski definition) is 3. The van der Waals surface area contributed by atoms with Gasteiger partial charge in [0.1, 0.15) is 10.7 Å². The van der Waals surface area contributed by atoms with Crippen LogP contribution in [0.1, 0.15) is 6.92 Å². The Balaban J connectivity index is 2.71. The molecular formula is C12H13ClFNO3S. The Hall–Kier alpha value is -1.11. The number of nitrogens with zero attached hydrogens (tertiary/aromatic N) is 1. The van der Waals surface area contributed by atoms with E-state index in [1.807, 2.05) is 6.92 Å². The molecule has 0 aliphatic rings. The van der Waals surface area contributed by atoms with Crippen LogP contribution < -0.4 is 0 Å². The van der Waals surface area contributed by atoms with Gasteiger partial charge in [0, 0.05) is 30.5 Å². The van der Waals surface area contributed by atoms with E-state index in [0.29, 0.717) is 12.1 Å². The molecule has 1 heterocycles. The normalized spacial score (nSPS) is 13.9. The molecule has 0 bridgehead atoms. The molecule has 0 aliphatic heterocycles. The van der Waals surface area contributed by atoms with E-state index >= 15 is 0 Å². The number of fused-ring (bicyclic) bond motifs is 1. The first kappa shape index (κ1) is 14.3. The second-order valence-electron chi connectivity index (χ2n) is 4.26. The van der Waals surface area contributed by atoms with Crippen LogP contribution in [0.25, 0.3) is 10.9 Å². The predicted octanol–water partition coefficient (Wildman–Crippen LogP) is 2.74. The summed E-state index contributed by atoms with van der Waals surface area (Å²) in [5, 5.41) is 0.0146. The van der Waals surface area contributed by atoms with Gasteiger partial charge >= 0.3 is 0 Å². The van der Waals surface area contributed by atoms with Crippen LogP contribution in [0.5, 0.6) is 0 Å². The van der Waals surface area contributed by atoms with Gasteiger partial charge in [0.2, 0.25) is 0 Å². The Morgan fingerprint density at radius 2 is 2.16 bits per heavy atom. The molecule has 0 amide bonds. The lowest BCUT2D eigenvalue weighted by Gasteiger charge is -2.11. The van der Waals surface area contributed by atoms with Crippen molar-refractivity contribution in [3.8, 4) is 0 Å². The molecule has 0 aliphatic carbocycles. The van der Waals surface area contributed by atoms with Gasteiger partial charge in [0.15, 0.2) is 0 Å². The highest BCUT2D eigenvalue weighted by atomic mass is 35.7. The van der Waals surface area contributed by atoms with E-state index in [1.165, 1.54) is 18.3 Å². The zero-order valence-electron chi connectivity index (χ0n) is 10.4. The lowest BCUT2D eigenvalue weighted by molar-refractivity contribution is 0.104. The summed E-state index contributed by atoms with van der Waals surface area (Å²) in [4.78, 5) is -0.217. The molecule has 0 saturated carbocycles. The Morgan fingerprint density at radius 1 is 1.47 bits per heavy atom. The van der Waals surface area contributed by atoms with Crippen molar-refractivity contribution in [2.75, 3.05) is 7.11 Å². The van der Waals surface area contributed by atoms with Crippen molar-refractivity contribution < 1.29 is 17.5 Å². The zero-order chi connectivity index (χ0) is 14.2. The van der Waals surface area contributed by atoms with Crippen molar-refractivity contribution in [2.45, 2.75) is 24.5 Å². The van der Waals surface area contributed by atoms with Crippen molar-refractivity contribution in [3.63, 3.8) is 0 Å². The highest BCUT2D eigenvalue weighted by Gasteiger charge is 2.22. The maximum Gasteiger partial charge on any atom is 0.263 e. The van der Waals surface area contributed by atoms with Gasteiger partial charge in [-0.15, -0.1) is 0 Å². The molecule has 0 spiro atoms. The fourth-order valence-corrected chi connectivity index (χ4v) is 3.01. The summed E-state index contributed by atoms with van der Waals surface area (Å²) in [5.41, 5.74) is 0.475. The summed E-state index contributed by atoms with van der Waals surface area (Å²) in [6.45, 7) is 2.24. The molecule has 1 atom stereocenters. The fourth-order valence-electron chi connectivity index (χ4n) is 1.96. The van der Waals surface area contributed by atoms with Gasteiger partial charge in [-0.25, -0.2) is 12.8 Å². The topological polar surface area (TPSA) is 48.3 Å². The van der Waals surface area contributed by atoms with E-state index in [1.54, 1.807) is 17.7 Å². The van der Waals surface area contributed by atoms with E-state index in [0.717, 1.165) is 0 Å². The molecule has 0 N–H and O–H groups in total. The first-order valence-electron chi connectivity index (χ1n) is 5.59. The van der Waals surface area contributed by atoms with Gasteiger partial charge in [-0.2, -0.15) is 0 Å². The number of aromatic nitrogens is 1. The smallest absolute Gasteiger partial charge is 0.263 e. The van der Waals surface area contributed by atoms with Crippen LogP contribution in [-0.4, -0.2) is 26.2 Å². The van der Waals surface area contributed by atoms with E-state index in [9.17, 15) is 12.8 Å². The number of benzene rings is 1. The van der Waals surface area contributed by atoms with Crippen LogP contribution in [0.4, 0.5) is 4.39 Å². The lowest BCUT2D eigenvalue weighted by atomic mass is 10.2. The van der Waals surface area contributed by atoms with Crippen LogP contribution >= 0.6 is 10.7 Å². The van der Waals surface area contributed by atoms with Crippen molar-refractivity contribution in [1.82, 2.24) is 4.57 Å². The summed E-state index contributed by atoms with van der Waals surface area (Å²) in [5.74, 6) is -0.611. The lowest BCUT2D eigenvalue weighted by Crippen LogP contribution is -2.13. The zero-order valence-corrected chi connectivity index (χ0v) is 12.0. The second kappa shape index (κ2) is 5.11. The van der Waals surface area contributed by atoms with E-state index in [2.05, 4.69) is 0 Å². The van der Waals surface area contributed by atoms with Crippen molar-refractivity contribution in [2.24, 2.45) is 0 Å². The van der Waals surface area contributed by atoms with Crippen molar-refractivity contribution in [3.05, 3.63) is 30.2 Å². The number of methoxy groups -OCH3 is 1. The second-order valence-corrected chi connectivity index (χ2v) is 6.80. The first-order valence-corrected chi connectivity index (χ1v) is 7.90. The standard InChI is InChI=1S/C12H13ClFNO3S/c1-8(18-2)6-15-7-11(19(13,16)17)12-9(14)4-3-5-10(12)15/h3-5,7-8H,6H2,1-2H3. The number of halogens is 2. The van der Waals surface area contributed by atoms with Crippen LogP contribution in [0.15, 0.2) is 29.3 Å². The summed E-state index contributed by atoms with van der Waals surface area (Å²) in [6, 6.07) is 4.38. The Bertz CT molecular complexity index is 711. The Kier molecular flexibility index (Phi) is 3.85. The molecule has 7 heteroatoms. The number of hydrogen-bond donors (Lipinski definition) is 0. The van der Waals surface area contributed by atoms with E-state index in [-0.39, 0.29) is 16.4 Å². The Morgan fingerprint density at radius 3 is 2.74 bits per heavy atom. The summed E-state index contributed by atoms with van der Waals surface area (Å²) in [7, 11) is 2.90. The average Bonchev–Trinajstić information content (AvgIpc) is 2.69. The maximum absolute atomic E-state index is 13.8. The third kappa shape index (κ3) is 2.75. The van der Waals surface area contributed by atoms with Gasteiger partial charge < -0.3 is 9.30 Å². The predicted molar refractivity (Wildman–Crippen MR) is 71.4 cm³/mol. The highest BCUT2D eigenvalue weighted by Crippen LogP contribution is 2.30. The molecule has 1 unspecified atom stereocenters. The first-order chi connectivity index (χ1) is 8.84. The van der Waals surface area contributed by atoms with E-state index < -0.39 is 14.9 Å². The summed E-state index contributed by atoms with van der Waals surface area (Å²) in [6.07, 6.45) is 1.20. The Labute approximate surface area is 115 Å². The maximum atomic E-state index is 13.8. The molecule has 0 saturated heterocycles. The van der Waals surface area contributed by atoms with Crippen LogP contribution in [0.2, 0.25) is 0 Å². The number of rotatable bonds is 4. The third-order valence-electron chi connectivity index (χ3n) is 2.94. The molecule has 2 aromatic rings. The molecule has 1 aromatic heterocycles. The molecule has 4 nitrogen and oxygen atoms in total. The van der Waals surface area contributed by atoms with Gasteiger partial charge in [-0.05, 0) is 19.1 Å². The number of ether oxygens (including phenoxy) is 1. The molecular weight excluding hydrogens is 293 g/mol. The van der Waals surface area contributed by atoms with E-state index in [4.69, 9.17) is 15.4 Å². The van der Waals surface area contributed by atoms with Gasteiger partial charge in [-0.1, -0.05) is 6.07 Å². The van der Waals surface area contributed by atoms with Crippen LogP contribution in [-0.2, 0) is 20.3 Å². The molecule has 0 radical (unpaired) electrons. The molecule has 0 fully saturated rings. The minimum absolute atomic E-state index is 0.0146. The van der Waals surface area contributed by atoms with Crippen LogP contribution in [0.3, 0.4) is 0 Å². The highest BCUT2D eigenvalue weighted by molar-refractivity contribution is 8.14. The molecule has 104 valence electrons. The molecule has 1 aromatic carbocycles. The quantitative estimate of drug-likeness (QED) is 0.816. The minimum atomic E-state index is -4.00. The molecule has 19 heavy (non-hydrogen) atoms. The largest absolute Gasteiger partial charge is 0.380 e. The van der Waals surface area contributed by atoms with Crippen molar-refractivity contribution in [1.29, 1.82) is 0 Å². The van der Waals surface area contributed by atoms with Crippen molar-refractivity contribution >= 4 is 30.6 Å². The van der Waals surface area contributed by atoms with Crippen LogP contribution in [0, 0.1) is 5.82 Å². The van der Waals surface area contributed by atoms with Gasteiger partial charge in [0.05, 0.1) is 17.0 Å². The fraction of sp³-hybridized carbons (Fsp3) is 0.333. The third-order valence-corrected chi connectivity index (χ3v) is 4.27.